The van der Waals surface area contributed by atoms with Crippen LogP contribution in [-0.4, -0.2) is 24.3 Å². The third-order valence-corrected chi connectivity index (χ3v) is 5.02. The number of thioether (sulfide) groups is 1. The van der Waals surface area contributed by atoms with Gasteiger partial charge in [-0.15, -0.1) is 23.1 Å². The predicted octanol–water partition coefficient (Wildman–Crippen LogP) is 4.93. The number of hydrogen-bond acceptors (Lipinski definition) is 5. The number of nitrogens with one attached hydrogen (secondary N) is 1. The third kappa shape index (κ3) is 4.00. The second-order valence-electron chi connectivity index (χ2n) is 5.07. The molecule has 0 aliphatic heterocycles. The summed E-state index contributed by atoms with van der Waals surface area (Å²) in [5.41, 5.74) is 1.88. The molecule has 4 nitrogen and oxygen atoms in total. The highest BCUT2D eigenvalue weighted by atomic mass is 32.2. The minimum Gasteiger partial charge on any atom is -0.496 e. The number of carbonyl (C=O) groups excluding carboxylic acids is 1. The van der Waals surface area contributed by atoms with Crippen molar-refractivity contribution in [3.63, 3.8) is 0 Å². The number of rotatable bonds is 5. The van der Waals surface area contributed by atoms with E-state index in [-0.39, 0.29) is 5.56 Å². The summed E-state index contributed by atoms with van der Waals surface area (Å²) in [6, 6.07) is 11.8. The summed E-state index contributed by atoms with van der Waals surface area (Å²) in [5, 5.41) is 5.00. The van der Waals surface area contributed by atoms with E-state index in [4.69, 9.17) is 4.74 Å². The Morgan fingerprint density at radius 1 is 1.24 bits per heavy atom. The van der Waals surface area contributed by atoms with Crippen molar-refractivity contribution >= 4 is 34.1 Å². The highest BCUT2D eigenvalue weighted by Crippen LogP contribution is 2.28. The molecule has 0 aliphatic carbocycles. The molecule has 0 radical (unpaired) electrons. The minimum atomic E-state index is -0.500. The highest BCUT2D eigenvalue weighted by Gasteiger charge is 2.15. The molecular weight excluding hydrogens is 359 g/mol. The van der Waals surface area contributed by atoms with E-state index in [1.54, 1.807) is 11.8 Å². The Kier molecular flexibility index (Phi) is 5.35. The van der Waals surface area contributed by atoms with Gasteiger partial charge < -0.3 is 4.74 Å². The van der Waals surface area contributed by atoms with Crippen LogP contribution in [0.25, 0.3) is 11.3 Å². The number of anilines is 1. The summed E-state index contributed by atoms with van der Waals surface area (Å²) in [7, 11) is 1.43. The minimum absolute atomic E-state index is 0.128. The molecule has 128 valence electrons. The van der Waals surface area contributed by atoms with E-state index in [0.29, 0.717) is 10.9 Å². The lowest BCUT2D eigenvalue weighted by Crippen LogP contribution is -2.13. The number of hydrogen-bond donors (Lipinski definition) is 1. The Balaban J connectivity index is 1.79. The number of benzene rings is 2. The van der Waals surface area contributed by atoms with Crippen LogP contribution >= 0.6 is 23.1 Å². The maximum Gasteiger partial charge on any atom is 0.261 e. The molecule has 1 heterocycles. The molecule has 2 aromatic carbocycles. The molecule has 0 saturated carbocycles. The van der Waals surface area contributed by atoms with Crippen molar-refractivity contribution in [2.75, 3.05) is 18.7 Å². The molecule has 0 bridgehead atoms. The van der Waals surface area contributed by atoms with Crippen LogP contribution < -0.4 is 10.1 Å². The SMILES string of the molecule is COc1ccc(F)cc1C(=O)Nc1nc(-c2ccc(SC)cc2)cs1. The lowest BCUT2D eigenvalue weighted by atomic mass is 10.2. The number of halogens is 1. The number of nitrogens with zero attached hydrogens (tertiary/aromatic N) is 1. The smallest absolute Gasteiger partial charge is 0.261 e. The lowest BCUT2D eigenvalue weighted by molar-refractivity contribution is 0.102. The molecule has 25 heavy (non-hydrogen) atoms. The van der Waals surface area contributed by atoms with Crippen LogP contribution in [0.4, 0.5) is 9.52 Å². The van der Waals surface area contributed by atoms with E-state index in [9.17, 15) is 9.18 Å². The first-order valence-electron chi connectivity index (χ1n) is 7.35. The molecule has 0 spiro atoms. The summed E-state index contributed by atoms with van der Waals surface area (Å²) in [4.78, 5) is 18.0. The van der Waals surface area contributed by atoms with Crippen LogP contribution in [0.5, 0.6) is 5.75 Å². The van der Waals surface area contributed by atoms with Crippen molar-refractivity contribution in [1.29, 1.82) is 0 Å². The van der Waals surface area contributed by atoms with Gasteiger partial charge in [0.05, 0.1) is 18.4 Å². The number of thiazole rings is 1. The maximum atomic E-state index is 13.4. The number of aromatic nitrogens is 1. The van der Waals surface area contributed by atoms with Gasteiger partial charge in [-0.3, -0.25) is 10.1 Å². The Morgan fingerprint density at radius 3 is 2.68 bits per heavy atom. The van der Waals surface area contributed by atoms with Gasteiger partial charge in [0.1, 0.15) is 11.6 Å². The zero-order valence-corrected chi connectivity index (χ0v) is 15.2. The average Bonchev–Trinajstić information content (AvgIpc) is 3.10. The fourth-order valence-electron chi connectivity index (χ4n) is 2.25. The van der Waals surface area contributed by atoms with E-state index in [0.717, 1.165) is 17.3 Å². The molecule has 3 aromatic rings. The molecule has 0 aliphatic rings. The van der Waals surface area contributed by atoms with Gasteiger partial charge in [-0.05, 0) is 36.6 Å². The first-order chi connectivity index (χ1) is 12.1. The number of ether oxygens (including phenoxy) is 1. The highest BCUT2D eigenvalue weighted by molar-refractivity contribution is 7.98. The fraction of sp³-hybridized carbons (Fsp3) is 0.111. The quantitative estimate of drug-likeness (QED) is 0.643. The summed E-state index contributed by atoms with van der Waals surface area (Å²) in [5.74, 6) is -0.655. The topological polar surface area (TPSA) is 51.2 Å². The van der Waals surface area contributed by atoms with Gasteiger partial charge >= 0.3 is 0 Å². The van der Waals surface area contributed by atoms with Gasteiger partial charge in [0.25, 0.3) is 5.91 Å². The summed E-state index contributed by atoms with van der Waals surface area (Å²) in [6.45, 7) is 0. The predicted molar refractivity (Wildman–Crippen MR) is 100 cm³/mol. The van der Waals surface area contributed by atoms with Crippen LogP contribution in [0.1, 0.15) is 10.4 Å². The van der Waals surface area contributed by atoms with Crippen molar-refractivity contribution in [3.8, 4) is 17.0 Å². The molecule has 0 unspecified atom stereocenters. The van der Waals surface area contributed by atoms with Crippen molar-refractivity contribution in [1.82, 2.24) is 4.98 Å². The monoisotopic (exact) mass is 374 g/mol. The fourth-order valence-corrected chi connectivity index (χ4v) is 3.37. The van der Waals surface area contributed by atoms with E-state index >= 15 is 0 Å². The molecule has 0 saturated heterocycles. The second-order valence-corrected chi connectivity index (χ2v) is 6.80. The molecule has 0 atom stereocenters. The zero-order chi connectivity index (χ0) is 17.8. The number of methoxy groups -OCH3 is 1. The van der Waals surface area contributed by atoms with Crippen molar-refractivity contribution in [3.05, 3.63) is 59.2 Å². The molecular formula is C18H15FN2O2S2. The average molecular weight is 374 g/mol. The number of amides is 1. The Morgan fingerprint density at radius 2 is 2.00 bits per heavy atom. The Labute approximate surface area is 153 Å². The van der Waals surface area contributed by atoms with Crippen LogP contribution in [0, 0.1) is 5.82 Å². The van der Waals surface area contributed by atoms with Gasteiger partial charge in [-0.2, -0.15) is 0 Å². The van der Waals surface area contributed by atoms with Crippen LogP contribution in [0.3, 0.4) is 0 Å². The number of carbonyl (C=O) groups is 1. The normalized spacial score (nSPS) is 10.5. The van der Waals surface area contributed by atoms with E-state index in [1.165, 1.54) is 35.5 Å². The largest absolute Gasteiger partial charge is 0.496 e. The summed E-state index contributed by atoms with van der Waals surface area (Å²) >= 11 is 2.98. The lowest BCUT2D eigenvalue weighted by Gasteiger charge is -2.07. The van der Waals surface area contributed by atoms with E-state index < -0.39 is 11.7 Å². The standard InChI is InChI=1S/C18H15FN2O2S2/c1-23-16-8-5-12(19)9-14(16)17(22)21-18-20-15(10-25-18)11-3-6-13(24-2)7-4-11/h3-10H,1-2H3,(H,20,21,22). The van der Waals surface area contributed by atoms with Crippen molar-refractivity contribution < 1.29 is 13.9 Å². The van der Waals surface area contributed by atoms with Crippen molar-refractivity contribution in [2.24, 2.45) is 0 Å². The first-order valence-corrected chi connectivity index (χ1v) is 9.46. The molecule has 1 N–H and O–H groups in total. The third-order valence-electron chi connectivity index (χ3n) is 3.52. The van der Waals surface area contributed by atoms with Gasteiger partial charge in [-0.25, -0.2) is 9.37 Å². The molecule has 1 amide bonds. The van der Waals surface area contributed by atoms with E-state index in [1.807, 2.05) is 35.9 Å². The van der Waals surface area contributed by atoms with Gasteiger partial charge in [0.15, 0.2) is 5.13 Å². The van der Waals surface area contributed by atoms with Crippen LogP contribution in [0.2, 0.25) is 0 Å². The molecule has 7 heteroatoms. The summed E-state index contributed by atoms with van der Waals surface area (Å²) in [6.07, 6.45) is 2.02. The Hall–Kier alpha value is -2.38. The molecule has 3 rings (SSSR count). The molecule has 1 aromatic heterocycles. The first kappa shape index (κ1) is 17.4. The second kappa shape index (κ2) is 7.67. The van der Waals surface area contributed by atoms with Crippen LogP contribution in [-0.2, 0) is 0 Å². The zero-order valence-electron chi connectivity index (χ0n) is 13.6. The molecule has 0 fully saturated rings. The van der Waals surface area contributed by atoms with E-state index in [2.05, 4.69) is 10.3 Å². The Bertz CT molecular complexity index is 894. The summed E-state index contributed by atoms with van der Waals surface area (Å²) < 4.78 is 18.5. The maximum absolute atomic E-state index is 13.4. The van der Waals surface area contributed by atoms with Crippen molar-refractivity contribution in [2.45, 2.75) is 4.90 Å². The van der Waals surface area contributed by atoms with Crippen LogP contribution in [0.15, 0.2) is 52.7 Å². The van der Waals surface area contributed by atoms with Gasteiger partial charge in [-0.1, -0.05) is 12.1 Å². The van der Waals surface area contributed by atoms with Gasteiger partial charge in [0, 0.05) is 15.8 Å². The van der Waals surface area contributed by atoms with Gasteiger partial charge in [0.2, 0.25) is 0 Å².